The molecule has 8 heteroatoms. The molecule has 0 unspecified atom stereocenters. The van der Waals surface area contributed by atoms with Crippen LogP contribution in [-0.2, 0) is 13.0 Å². The first-order chi connectivity index (χ1) is 9.17. The Labute approximate surface area is 114 Å². The van der Waals surface area contributed by atoms with Crippen molar-refractivity contribution < 1.29 is 0 Å². The van der Waals surface area contributed by atoms with Crippen LogP contribution >= 0.6 is 11.8 Å². The third-order valence-corrected chi connectivity index (χ3v) is 3.47. The van der Waals surface area contributed by atoms with E-state index in [0.717, 1.165) is 23.1 Å². The average molecular weight is 280 g/mol. The molecule has 19 heavy (non-hydrogen) atoms. The maximum absolute atomic E-state index is 11.5. The summed E-state index contributed by atoms with van der Waals surface area (Å²) in [4.78, 5) is 20.2. The van der Waals surface area contributed by atoms with E-state index in [2.05, 4.69) is 25.5 Å². The maximum Gasteiger partial charge on any atom is 0.343 e. The van der Waals surface area contributed by atoms with Crippen molar-refractivity contribution in [3.8, 4) is 0 Å². The zero-order valence-electron chi connectivity index (χ0n) is 11.1. The monoisotopic (exact) mass is 280 g/mol. The van der Waals surface area contributed by atoms with Crippen molar-refractivity contribution in [3.63, 3.8) is 0 Å². The van der Waals surface area contributed by atoms with Crippen molar-refractivity contribution in [3.05, 3.63) is 22.4 Å². The van der Waals surface area contributed by atoms with E-state index in [1.54, 1.807) is 4.57 Å². The second-order valence-corrected chi connectivity index (χ2v) is 4.76. The normalized spacial score (nSPS) is 10.7. The van der Waals surface area contributed by atoms with Gasteiger partial charge in [0.1, 0.15) is 16.7 Å². The largest absolute Gasteiger partial charge is 0.373 e. The molecular weight excluding hydrogens is 264 g/mol. The quantitative estimate of drug-likeness (QED) is 0.798. The lowest BCUT2D eigenvalue weighted by Gasteiger charge is -2.06. The van der Waals surface area contributed by atoms with Gasteiger partial charge >= 0.3 is 5.69 Å². The van der Waals surface area contributed by atoms with Crippen LogP contribution in [-0.4, -0.2) is 31.8 Å². The summed E-state index contributed by atoms with van der Waals surface area (Å²) in [6, 6.07) is 1.84. The van der Waals surface area contributed by atoms with Crippen LogP contribution in [0, 0.1) is 0 Å². The van der Waals surface area contributed by atoms with E-state index < -0.39 is 0 Å². The fourth-order valence-corrected chi connectivity index (χ4v) is 2.49. The first-order valence-corrected chi connectivity index (χ1v) is 6.88. The van der Waals surface area contributed by atoms with Gasteiger partial charge in [0.05, 0.1) is 0 Å². The predicted octanol–water partition coefficient (Wildman–Crippen LogP) is 1.14. The number of H-pyrrole nitrogens is 1. The number of nitrogens with zero attached hydrogens (tertiary/aromatic N) is 4. The Morgan fingerprint density at radius 2 is 2.21 bits per heavy atom. The van der Waals surface area contributed by atoms with Gasteiger partial charge in [0.25, 0.3) is 0 Å². The minimum Gasteiger partial charge on any atom is -0.373 e. The third-order valence-electron chi connectivity index (χ3n) is 2.56. The van der Waals surface area contributed by atoms with Gasteiger partial charge < -0.3 is 5.32 Å². The number of aromatic nitrogens is 5. The Balaban J connectivity index is 2.34. The standard InChI is InChI=1S/C11H16N6OS/c1-4-7-13-8(12-3)6-9(14-7)19-11-16-15-10(18)17(11)5-2/h6H,4-5H2,1-3H3,(H,15,18)(H,12,13,14). The van der Waals surface area contributed by atoms with Gasteiger partial charge in [-0.3, -0.25) is 4.57 Å². The lowest BCUT2D eigenvalue weighted by Crippen LogP contribution is -2.16. The van der Waals surface area contributed by atoms with E-state index in [-0.39, 0.29) is 5.69 Å². The molecule has 2 aromatic rings. The molecule has 0 aliphatic rings. The van der Waals surface area contributed by atoms with Crippen molar-refractivity contribution in [2.45, 2.75) is 37.0 Å². The van der Waals surface area contributed by atoms with Gasteiger partial charge in [0.2, 0.25) is 0 Å². The summed E-state index contributed by atoms with van der Waals surface area (Å²) in [6.07, 6.45) is 0.754. The van der Waals surface area contributed by atoms with Gasteiger partial charge in [0, 0.05) is 26.1 Å². The molecule has 7 nitrogen and oxygen atoms in total. The molecule has 0 amide bonds. The lowest BCUT2D eigenvalue weighted by atomic mass is 10.4. The molecule has 0 aliphatic heterocycles. The highest BCUT2D eigenvalue weighted by Crippen LogP contribution is 2.24. The van der Waals surface area contributed by atoms with E-state index >= 15 is 0 Å². The number of anilines is 1. The Bertz CT molecular complexity index is 598. The summed E-state index contributed by atoms with van der Waals surface area (Å²) < 4.78 is 1.57. The number of rotatable bonds is 5. The average Bonchev–Trinajstić information content (AvgIpc) is 2.78. The van der Waals surface area contributed by atoms with Gasteiger partial charge in [-0.15, -0.1) is 5.10 Å². The molecule has 0 aromatic carbocycles. The predicted molar refractivity (Wildman–Crippen MR) is 73.6 cm³/mol. The smallest absolute Gasteiger partial charge is 0.343 e. The molecule has 2 rings (SSSR count). The zero-order chi connectivity index (χ0) is 13.8. The number of aromatic amines is 1. The minimum absolute atomic E-state index is 0.205. The van der Waals surface area contributed by atoms with E-state index in [0.29, 0.717) is 11.7 Å². The van der Waals surface area contributed by atoms with Gasteiger partial charge in [-0.2, -0.15) is 0 Å². The molecule has 2 heterocycles. The molecule has 0 spiro atoms. The molecule has 0 bridgehead atoms. The minimum atomic E-state index is -0.205. The van der Waals surface area contributed by atoms with Crippen molar-refractivity contribution in [2.75, 3.05) is 12.4 Å². The topological polar surface area (TPSA) is 88.5 Å². The maximum atomic E-state index is 11.5. The van der Waals surface area contributed by atoms with Crippen LogP contribution < -0.4 is 11.0 Å². The molecule has 0 fully saturated rings. The lowest BCUT2D eigenvalue weighted by molar-refractivity contribution is 0.660. The van der Waals surface area contributed by atoms with E-state index in [4.69, 9.17) is 0 Å². The van der Waals surface area contributed by atoms with Crippen LogP contribution in [0.5, 0.6) is 0 Å². The first kappa shape index (κ1) is 13.6. The summed E-state index contributed by atoms with van der Waals surface area (Å²) >= 11 is 1.35. The Morgan fingerprint density at radius 3 is 2.84 bits per heavy atom. The summed E-state index contributed by atoms with van der Waals surface area (Å²) in [5.41, 5.74) is -0.205. The molecular formula is C11H16N6OS. The Morgan fingerprint density at radius 1 is 1.42 bits per heavy atom. The highest BCUT2D eigenvalue weighted by Gasteiger charge is 2.11. The molecule has 0 radical (unpaired) electrons. The molecule has 102 valence electrons. The number of nitrogens with one attached hydrogen (secondary N) is 2. The highest BCUT2D eigenvalue weighted by molar-refractivity contribution is 7.99. The molecule has 0 atom stereocenters. The second-order valence-electron chi connectivity index (χ2n) is 3.77. The van der Waals surface area contributed by atoms with Crippen LogP contribution in [0.25, 0.3) is 0 Å². The van der Waals surface area contributed by atoms with Gasteiger partial charge in [-0.1, -0.05) is 6.92 Å². The molecule has 0 aliphatic carbocycles. The van der Waals surface area contributed by atoms with Crippen LogP contribution in [0.4, 0.5) is 5.82 Å². The van der Waals surface area contributed by atoms with Crippen LogP contribution in [0.15, 0.2) is 21.0 Å². The van der Waals surface area contributed by atoms with Crippen LogP contribution in [0.2, 0.25) is 0 Å². The van der Waals surface area contributed by atoms with E-state index in [1.807, 2.05) is 27.0 Å². The van der Waals surface area contributed by atoms with E-state index in [1.165, 1.54) is 11.8 Å². The van der Waals surface area contributed by atoms with Gasteiger partial charge in [-0.25, -0.2) is 19.9 Å². The van der Waals surface area contributed by atoms with Crippen molar-refractivity contribution in [2.24, 2.45) is 0 Å². The summed E-state index contributed by atoms with van der Waals surface area (Å²) in [5, 5.41) is 10.8. The second kappa shape index (κ2) is 5.87. The Hall–Kier alpha value is -1.83. The van der Waals surface area contributed by atoms with Crippen molar-refractivity contribution in [1.29, 1.82) is 0 Å². The molecule has 2 aromatic heterocycles. The fourth-order valence-electron chi connectivity index (χ4n) is 1.56. The highest BCUT2D eigenvalue weighted by atomic mass is 32.2. The SMILES string of the molecule is CCc1nc(NC)cc(Sc2n[nH]c(=O)n2CC)n1. The molecule has 2 N–H and O–H groups in total. The number of hydrogen-bond acceptors (Lipinski definition) is 6. The van der Waals surface area contributed by atoms with E-state index in [9.17, 15) is 4.79 Å². The van der Waals surface area contributed by atoms with Gasteiger partial charge in [-0.05, 0) is 18.7 Å². The van der Waals surface area contributed by atoms with Crippen molar-refractivity contribution in [1.82, 2.24) is 24.7 Å². The molecule has 0 saturated carbocycles. The number of aryl methyl sites for hydroxylation is 1. The Kier molecular flexibility index (Phi) is 4.20. The van der Waals surface area contributed by atoms with Gasteiger partial charge in [0.15, 0.2) is 5.16 Å². The summed E-state index contributed by atoms with van der Waals surface area (Å²) in [5.74, 6) is 1.52. The van der Waals surface area contributed by atoms with Crippen LogP contribution in [0.1, 0.15) is 19.7 Å². The zero-order valence-corrected chi connectivity index (χ0v) is 11.9. The molecule has 0 saturated heterocycles. The summed E-state index contributed by atoms with van der Waals surface area (Å²) in [7, 11) is 1.81. The summed E-state index contributed by atoms with van der Waals surface area (Å²) in [6.45, 7) is 4.47. The van der Waals surface area contributed by atoms with Crippen LogP contribution in [0.3, 0.4) is 0 Å². The third kappa shape index (κ3) is 2.95. The fraction of sp³-hybridized carbons (Fsp3) is 0.455. The number of hydrogen-bond donors (Lipinski definition) is 2. The van der Waals surface area contributed by atoms with Crippen molar-refractivity contribution >= 4 is 17.6 Å². The first-order valence-electron chi connectivity index (χ1n) is 6.06.